The first kappa shape index (κ1) is 12.2. The van der Waals surface area contributed by atoms with E-state index in [2.05, 4.69) is 26.1 Å². The molecule has 3 N–H and O–H groups in total. The molecule has 0 aliphatic heterocycles. The molecule has 0 bridgehead atoms. The summed E-state index contributed by atoms with van der Waals surface area (Å²) in [6.07, 6.45) is 4.56. The summed E-state index contributed by atoms with van der Waals surface area (Å²) in [5.41, 5.74) is 5.81. The SMILES string of the molecule is CC(NC(=O)C1C=CC(N)C1)C(C)(C)C. The van der Waals surface area contributed by atoms with Gasteiger partial charge in [0, 0.05) is 12.1 Å². The topological polar surface area (TPSA) is 55.1 Å². The van der Waals surface area contributed by atoms with Crippen molar-refractivity contribution < 1.29 is 4.79 Å². The molecule has 3 nitrogen and oxygen atoms in total. The number of carbonyl (C=O) groups excluding carboxylic acids is 1. The van der Waals surface area contributed by atoms with E-state index in [9.17, 15) is 4.79 Å². The second-order valence-corrected chi connectivity index (χ2v) is 5.49. The van der Waals surface area contributed by atoms with Gasteiger partial charge in [-0.05, 0) is 18.8 Å². The maximum Gasteiger partial charge on any atom is 0.227 e. The summed E-state index contributed by atoms with van der Waals surface area (Å²) in [5.74, 6) is 0.0615. The van der Waals surface area contributed by atoms with Crippen molar-refractivity contribution in [3.8, 4) is 0 Å². The normalized spacial score (nSPS) is 27.8. The Balaban J connectivity index is 2.47. The van der Waals surface area contributed by atoms with Gasteiger partial charge in [-0.1, -0.05) is 32.9 Å². The minimum atomic E-state index is -0.0372. The molecule has 0 fully saturated rings. The minimum absolute atomic E-state index is 0.0372. The maximum absolute atomic E-state index is 11.8. The summed E-state index contributed by atoms with van der Waals surface area (Å²) in [5, 5.41) is 3.04. The molecule has 1 amide bonds. The number of hydrogen-bond donors (Lipinski definition) is 2. The number of carbonyl (C=O) groups is 1. The molecule has 0 saturated heterocycles. The first-order chi connectivity index (χ1) is 6.80. The van der Waals surface area contributed by atoms with E-state index in [0.29, 0.717) is 0 Å². The van der Waals surface area contributed by atoms with E-state index in [1.165, 1.54) is 0 Å². The minimum Gasteiger partial charge on any atom is -0.353 e. The first-order valence-electron chi connectivity index (χ1n) is 5.55. The Bertz CT molecular complexity index is 265. The zero-order valence-electron chi connectivity index (χ0n) is 10.1. The van der Waals surface area contributed by atoms with Crippen LogP contribution in [0.4, 0.5) is 0 Å². The van der Waals surface area contributed by atoms with Gasteiger partial charge in [-0.2, -0.15) is 0 Å². The molecule has 0 heterocycles. The van der Waals surface area contributed by atoms with Gasteiger partial charge in [-0.25, -0.2) is 0 Å². The lowest BCUT2D eigenvalue weighted by molar-refractivity contribution is -0.124. The van der Waals surface area contributed by atoms with Gasteiger partial charge in [0.05, 0.1) is 5.92 Å². The van der Waals surface area contributed by atoms with Crippen LogP contribution >= 0.6 is 0 Å². The highest BCUT2D eigenvalue weighted by Gasteiger charge is 2.27. The molecule has 15 heavy (non-hydrogen) atoms. The molecule has 0 aromatic heterocycles. The third-order valence-electron chi connectivity index (χ3n) is 3.11. The Morgan fingerprint density at radius 1 is 1.47 bits per heavy atom. The van der Waals surface area contributed by atoms with E-state index >= 15 is 0 Å². The fraction of sp³-hybridized carbons (Fsp3) is 0.750. The number of rotatable bonds is 2. The Labute approximate surface area is 92.1 Å². The summed E-state index contributed by atoms with van der Waals surface area (Å²) >= 11 is 0. The molecule has 3 heteroatoms. The number of hydrogen-bond acceptors (Lipinski definition) is 2. The van der Waals surface area contributed by atoms with Crippen LogP contribution < -0.4 is 11.1 Å². The van der Waals surface area contributed by atoms with Crippen molar-refractivity contribution in [1.82, 2.24) is 5.32 Å². The average Bonchev–Trinajstić information content (AvgIpc) is 2.50. The molecule has 0 radical (unpaired) electrons. The molecule has 1 rings (SSSR count). The fourth-order valence-corrected chi connectivity index (χ4v) is 1.46. The van der Waals surface area contributed by atoms with Gasteiger partial charge in [0.2, 0.25) is 5.91 Å². The molecule has 3 atom stereocenters. The van der Waals surface area contributed by atoms with E-state index in [1.54, 1.807) is 0 Å². The highest BCUT2D eigenvalue weighted by Crippen LogP contribution is 2.21. The average molecular weight is 210 g/mol. The summed E-state index contributed by atoms with van der Waals surface area (Å²) in [4.78, 5) is 11.8. The van der Waals surface area contributed by atoms with Crippen LogP contribution in [-0.2, 0) is 4.79 Å². The summed E-state index contributed by atoms with van der Waals surface area (Å²) in [7, 11) is 0. The Morgan fingerprint density at radius 3 is 2.47 bits per heavy atom. The molecule has 86 valence electrons. The highest BCUT2D eigenvalue weighted by atomic mass is 16.1. The summed E-state index contributed by atoms with van der Waals surface area (Å²) in [6, 6.07) is 0.223. The van der Waals surface area contributed by atoms with Crippen molar-refractivity contribution in [2.24, 2.45) is 17.1 Å². The molecule has 3 unspecified atom stereocenters. The van der Waals surface area contributed by atoms with Crippen molar-refractivity contribution in [3.63, 3.8) is 0 Å². The number of amides is 1. The smallest absolute Gasteiger partial charge is 0.227 e. The zero-order chi connectivity index (χ0) is 11.6. The van der Waals surface area contributed by atoms with E-state index in [0.717, 1.165) is 6.42 Å². The lowest BCUT2D eigenvalue weighted by Crippen LogP contribution is -2.43. The quantitative estimate of drug-likeness (QED) is 0.678. The Hall–Kier alpha value is -0.830. The Morgan fingerprint density at radius 2 is 2.07 bits per heavy atom. The second-order valence-electron chi connectivity index (χ2n) is 5.49. The first-order valence-corrected chi connectivity index (χ1v) is 5.55. The van der Waals surface area contributed by atoms with Gasteiger partial charge in [0.15, 0.2) is 0 Å². The van der Waals surface area contributed by atoms with E-state index < -0.39 is 0 Å². The molecule has 1 aliphatic carbocycles. The van der Waals surface area contributed by atoms with E-state index in [4.69, 9.17) is 5.73 Å². The molecule has 0 aromatic rings. The van der Waals surface area contributed by atoms with Gasteiger partial charge in [-0.3, -0.25) is 4.79 Å². The van der Waals surface area contributed by atoms with Crippen LogP contribution in [0.1, 0.15) is 34.1 Å². The lowest BCUT2D eigenvalue weighted by atomic mass is 9.87. The van der Waals surface area contributed by atoms with Crippen LogP contribution in [0.3, 0.4) is 0 Å². The second kappa shape index (κ2) is 4.35. The van der Waals surface area contributed by atoms with Crippen molar-refractivity contribution in [2.75, 3.05) is 0 Å². The predicted octanol–water partition coefficient (Wildman–Crippen LogP) is 1.44. The number of nitrogens with one attached hydrogen (secondary N) is 1. The molecule has 1 aliphatic rings. The highest BCUT2D eigenvalue weighted by molar-refractivity contribution is 5.81. The zero-order valence-corrected chi connectivity index (χ0v) is 10.1. The van der Waals surface area contributed by atoms with Gasteiger partial charge < -0.3 is 11.1 Å². The third-order valence-corrected chi connectivity index (χ3v) is 3.11. The van der Waals surface area contributed by atoms with Gasteiger partial charge in [0.25, 0.3) is 0 Å². The van der Waals surface area contributed by atoms with Gasteiger partial charge in [-0.15, -0.1) is 0 Å². The van der Waals surface area contributed by atoms with E-state index in [1.807, 2.05) is 19.1 Å². The van der Waals surface area contributed by atoms with Crippen molar-refractivity contribution in [2.45, 2.75) is 46.2 Å². The van der Waals surface area contributed by atoms with Crippen LogP contribution in [0, 0.1) is 11.3 Å². The monoisotopic (exact) mass is 210 g/mol. The fourth-order valence-electron chi connectivity index (χ4n) is 1.46. The Kier molecular flexibility index (Phi) is 3.55. The molecular weight excluding hydrogens is 188 g/mol. The van der Waals surface area contributed by atoms with E-state index in [-0.39, 0.29) is 29.3 Å². The molecule has 0 saturated carbocycles. The predicted molar refractivity (Wildman–Crippen MR) is 62.3 cm³/mol. The van der Waals surface area contributed by atoms with Crippen molar-refractivity contribution in [3.05, 3.63) is 12.2 Å². The molecule has 0 spiro atoms. The third kappa shape index (κ3) is 3.34. The van der Waals surface area contributed by atoms with Crippen molar-refractivity contribution >= 4 is 5.91 Å². The van der Waals surface area contributed by atoms with Gasteiger partial charge >= 0.3 is 0 Å². The standard InChI is InChI=1S/C12H22N2O/c1-8(12(2,3)4)14-11(15)9-5-6-10(13)7-9/h5-6,8-10H,7,13H2,1-4H3,(H,14,15). The molecule has 0 aromatic carbocycles. The van der Waals surface area contributed by atoms with Crippen LogP contribution in [0.5, 0.6) is 0 Å². The van der Waals surface area contributed by atoms with Crippen LogP contribution in [-0.4, -0.2) is 18.0 Å². The summed E-state index contributed by atoms with van der Waals surface area (Å²) < 4.78 is 0. The van der Waals surface area contributed by atoms with Crippen LogP contribution in [0.2, 0.25) is 0 Å². The maximum atomic E-state index is 11.8. The lowest BCUT2D eigenvalue weighted by Gasteiger charge is -2.29. The van der Waals surface area contributed by atoms with Crippen molar-refractivity contribution in [1.29, 1.82) is 0 Å². The van der Waals surface area contributed by atoms with Crippen LogP contribution in [0.15, 0.2) is 12.2 Å². The number of nitrogens with two attached hydrogens (primary N) is 1. The van der Waals surface area contributed by atoms with Gasteiger partial charge in [0.1, 0.15) is 0 Å². The summed E-state index contributed by atoms with van der Waals surface area (Å²) in [6.45, 7) is 8.40. The molecular formula is C12H22N2O. The van der Waals surface area contributed by atoms with Crippen LogP contribution in [0.25, 0.3) is 0 Å². The largest absolute Gasteiger partial charge is 0.353 e.